The van der Waals surface area contributed by atoms with E-state index in [0.29, 0.717) is 31.6 Å². The van der Waals surface area contributed by atoms with E-state index in [4.69, 9.17) is 9.47 Å². The lowest BCUT2D eigenvalue weighted by atomic mass is 9.97. The zero-order valence-corrected chi connectivity index (χ0v) is 15.3. The lowest BCUT2D eigenvalue weighted by Crippen LogP contribution is -2.39. The average molecular weight is 347 g/mol. The third-order valence-electron chi connectivity index (χ3n) is 6.16. The zero-order chi connectivity index (χ0) is 17.4. The Hall–Kier alpha value is -1.37. The van der Waals surface area contributed by atoms with Gasteiger partial charge in [0.2, 0.25) is 0 Å². The van der Waals surface area contributed by atoms with Crippen molar-refractivity contribution in [2.24, 2.45) is 18.9 Å². The molecule has 138 valence electrons. The number of hydrogen-bond acceptors (Lipinski definition) is 4. The summed E-state index contributed by atoms with van der Waals surface area (Å²) >= 11 is 0. The van der Waals surface area contributed by atoms with Gasteiger partial charge in [-0.1, -0.05) is 0 Å². The fourth-order valence-corrected chi connectivity index (χ4v) is 4.43. The van der Waals surface area contributed by atoms with Crippen LogP contribution >= 0.6 is 0 Å². The van der Waals surface area contributed by atoms with Gasteiger partial charge in [0.15, 0.2) is 0 Å². The van der Waals surface area contributed by atoms with E-state index in [1.165, 1.54) is 12.8 Å². The molecule has 3 saturated heterocycles. The van der Waals surface area contributed by atoms with Gasteiger partial charge in [0.25, 0.3) is 5.91 Å². The Kier molecular flexibility index (Phi) is 4.84. The second kappa shape index (κ2) is 7.09. The molecule has 1 aromatic rings. The molecule has 6 nitrogen and oxygen atoms in total. The molecule has 3 aliphatic heterocycles. The summed E-state index contributed by atoms with van der Waals surface area (Å²) in [6.45, 7) is 5.16. The first-order chi connectivity index (χ1) is 12.1. The minimum absolute atomic E-state index is 0.0957. The van der Waals surface area contributed by atoms with Crippen molar-refractivity contribution in [2.75, 3.05) is 46.5 Å². The maximum atomic E-state index is 12.9. The number of carbonyl (C=O) groups excluding carboxylic acids is 1. The molecule has 4 heterocycles. The number of piperidine rings is 1. The van der Waals surface area contributed by atoms with Crippen LogP contribution in [0.1, 0.15) is 23.3 Å². The minimum Gasteiger partial charge on any atom is -0.379 e. The first kappa shape index (κ1) is 17.1. The number of aromatic nitrogens is 1. The van der Waals surface area contributed by atoms with Crippen LogP contribution in [0, 0.1) is 11.8 Å². The highest BCUT2D eigenvalue weighted by molar-refractivity contribution is 5.93. The second-order valence-corrected chi connectivity index (χ2v) is 7.85. The first-order valence-corrected chi connectivity index (χ1v) is 9.43. The lowest BCUT2D eigenvalue weighted by molar-refractivity contribution is -0.00792. The van der Waals surface area contributed by atoms with E-state index < -0.39 is 0 Å². The minimum atomic E-state index is 0.0957. The van der Waals surface area contributed by atoms with Gasteiger partial charge in [-0.05, 0) is 51.0 Å². The molecular weight excluding hydrogens is 318 g/mol. The molecule has 0 saturated carbocycles. The number of aryl methyl sites for hydroxylation is 1. The van der Waals surface area contributed by atoms with Crippen LogP contribution in [0.5, 0.6) is 0 Å². The molecule has 3 atom stereocenters. The smallest absolute Gasteiger partial charge is 0.270 e. The van der Waals surface area contributed by atoms with Crippen LogP contribution in [-0.2, 0) is 16.5 Å². The van der Waals surface area contributed by atoms with E-state index >= 15 is 0 Å². The van der Waals surface area contributed by atoms with Gasteiger partial charge in [-0.15, -0.1) is 0 Å². The van der Waals surface area contributed by atoms with Gasteiger partial charge in [0.05, 0.1) is 25.4 Å². The summed E-state index contributed by atoms with van der Waals surface area (Å²) in [6, 6.07) is 3.96. The molecule has 1 aromatic heterocycles. The van der Waals surface area contributed by atoms with Gasteiger partial charge < -0.3 is 23.8 Å². The van der Waals surface area contributed by atoms with Crippen LogP contribution < -0.4 is 0 Å². The van der Waals surface area contributed by atoms with E-state index in [1.54, 1.807) is 0 Å². The zero-order valence-electron chi connectivity index (χ0n) is 15.3. The van der Waals surface area contributed by atoms with Crippen molar-refractivity contribution in [3.63, 3.8) is 0 Å². The molecule has 0 aromatic carbocycles. The molecule has 0 spiro atoms. The van der Waals surface area contributed by atoms with E-state index in [1.807, 2.05) is 34.8 Å². The Labute approximate surface area is 149 Å². The number of hydrogen-bond donors (Lipinski definition) is 0. The summed E-state index contributed by atoms with van der Waals surface area (Å²) in [7, 11) is 4.10. The molecule has 4 rings (SSSR count). The topological polar surface area (TPSA) is 46.9 Å². The highest BCUT2D eigenvalue weighted by atomic mass is 16.5. The Morgan fingerprint density at radius 2 is 2.08 bits per heavy atom. The van der Waals surface area contributed by atoms with Crippen molar-refractivity contribution >= 4 is 5.91 Å². The first-order valence-electron chi connectivity index (χ1n) is 9.43. The fraction of sp³-hybridized carbons (Fsp3) is 0.737. The lowest BCUT2D eigenvalue weighted by Gasteiger charge is -2.30. The number of ether oxygens (including phenoxy) is 2. The van der Waals surface area contributed by atoms with Crippen LogP contribution in [0.25, 0.3) is 0 Å². The molecule has 0 aliphatic carbocycles. The standard InChI is InChI=1S/C19H29N3O3/c1-20-8-5-14(6-9-20)11-25-18-10-22(17-13-24-12-15(17)18)19(23)16-4-3-7-21(16)2/h3-4,7,14-15,17-18H,5-6,8-13H2,1-2H3/t15-,17+,18-/m1/s1. The van der Waals surface area contributed by atoms with Crippen molar-refractivity contribution in [3.05, 3.63) is 24.0 Å². The Morgan fingerprint density at radius 3 is 2.80 bits per heavy atom. The molecule has 3 aliphatic rings. The number of amides is 1. The summed E-state index contributed by atoms with van der Waals surface area (Å²) in [5.41, 5.74) is 0.738. The van der Waals surface area contributed by atoms with Crippen LogP contribution in [0.4, 0.5) is 0 Å². The fourth-order valence-electron chi connectivity index (χ4n) is 4.43. The molecular formula is C19H29N3O3. The largest absolute Gasteiger partial charge is 0.379 e. The van der Waals surface area contributed by atoms with Gasteiger partial charge in [0.1, 0.15) is 5.69 Å². The number of rotatable bonds is 4. The van der Waals surface area contributed by atoms with Gasteiger partial charge in [-0.2, -0.15) is 0 Å². The average Bonchev–Trinajstić information content (AvgIpc) is 3.30. The molecule has 0 bridgehead atoms. The highest BCUT2D eigenvalue weighted by Crippen LogP contribution is 2.34. The van der Waals surface area contributed by atoms with Crippen molar-refractivity contribution in [1.29, 1.82) is 0 Å². The molecule has 25 heavy (non-hydrogen) atoms. The number of likely N-dealkylation sites (tertiary alicyclic amines) is 2. The Bertz CT molecular complexity index is 609. The Morgan fingerprint density at radius 1 is 1.28 bits per heavy atom. The summed E-state index contributed by atoms with van der Waals surface area (Å²) in [6.07, 6.45) is 4.44. The van der Waals surface area contributed by atoms with Crippen molar-refractivity contribution in [3.8, 4) is 0 Å². The maximum Gasteiger partial charge on any atom is 0.270 e. The van der Waals surface area contributed by atoms with E-state index in [0.717, 1.165) is 25.4 Å². The monoisotopic (exact) mass is 347 g/mol. The number of nitrogens with zero attached hydrogens (tertiary/aromatic N) is 3. The number of carbonyl (C=O) groups is 1. The van der Waals surface area contributed by atoms with E-state index in [-0.39, 0.29) is 18.1 Å². The van der Waals surface area contributed by atoms with Crippen molar-refractivity contribution < 1.29 is 14.3 Å². The third-order valence-corrected chi connectivity index (χ3v) is 6.16. The third kappa shape index (κ3) is 3.35. The van der Waals surface area contributed by atoms with Gasteiger partial charge >= 0.3 is 0 Å². The van der Waals surface area contributed by atoms with Crippen LogP contribution in [-0.4, -0.2) is 78.9 Å². The molecule has 6 heteroatoms. The van der Waals surface area contributed by atoms with E-state index in [2.05, 4.69) is 11.9 Å². The molecule has 1 amide bonds. The van der Waals surface area contributed by atoms with Crippen LogP contribution in [0.15, 0.2) is 18.3 Å². The van der Waals surface area contributed by atoms with Crippen molar-refractivity contribution in [2.45, 2.75) is 25.0 Å². The molecule has 3 fully saturated rings. The van der Waals surface area contributed by atoms with Gasteiger partial charge in [-0.3, -0.25) is 4.79 Å². The second-order valence-electron chi connectivity index (χ2n) is 7.85. The normalized spacial score (nSPS) is 30.8. The van der Waals surface area contributed by atoms with Crippen LogP contribution in [0.3, 0.4) is 0 Å². The van der Waals surface area contributed by atoms with Gasteiger partial charge in [-0.25, -0.2) is 0 Å². The summed E-state index contributed by atoms with van der Waals surface area (Å²) in [4.78, 5) is 17.3. The molecule has 0 N–H and O–H groups in total. The molecule has 0 radical (unpaired) electrons. The van der Waals surface area contributed by atoms with Crippen molar-refractivity contribution in [1.82, 2.24) is 14.4 Å². The SMILES string of the molecule is CN1CCC(CO[C@@H]2CN(C(=O)c3cccn3C)[C@H]3COC[C@@H]23)CC1. The quantitative estimate of drug-likeness (QED) is 0.822. The molecule has 0 unspecified atom stereocenters. The maximum absolute atomic E-state index is 12.9. The van der Waals surface area contributed by atoms with Crippen LogP contribution in [0.2, 0.25) is 0 Å². The predicted octanol–water partition coefficient (Wildman–Crippen LogP) is 1.22. The summed E-state index contributed by atoms with van der Waals surface area (Å²) in [5, 5.41) is 0. The predicted molar refractivity (Wildman–Crippen MR) is 94.5 cm³/mol. The highest BCUT2D eigenvalue weighted by Gasteiger charge is 2.48. The Balaban J connectivity index is 1.39. The van der Waals surface area contributed by atoms with E-state index in [9.17, 15) is 4.79 Å². The summed E-state index contributed by atoms with van der Waals surface area (Å²) in [5.74, 6) is 1.06. The summed E-state index contributed by atoms with van der Waals surface area (Å²) < 4.78 is 13.9. The van der Waals surface area contributed by atoms with Gasteiger partial charge in [0, 0.05) is 32.3 Å². The number of fused-ring (bicyclic) bond motifs is 1.